The molecule has 21 heavy (non-hydrogen) atoms. The molecule has 1 heterocycles. The number of nitrogens with zero attached hydrogens (tertiary/aromatic N) is 2. The van der Waals surface area contributed by atoms with Crippen molar-refractivity contribution in [2.45, 2.75) is 0 Å². The van der Waals surface area contributed by atoms with E-state index in [0.717, 1.165) is 22.6 Å². The summed E-state index contributed by atoms with van der Waals surface area (Å²) in [4.78, 5) is 15.9. The highest BCUT2D eigenvalue weighted by Gasteiger charge is 2.27. The van der Waals surface area contributed by atoms with Crippen molar-refractivity contribution in [2.24, 2.45) is 0 Å². The number of anilines is 2. The summed E-state index contributed by atoms with van der Waals surface area (Å²) in [6, 6.07) is 17.6. The van der Waals surface area contributed by atoms with Crippen molar-refractivity contribution < 1.29 is 4.79 Å². The highest BCUT2D eigenvalue weighted by molar-refractivity contribution is 6.09. The van der Waals surface area contributed by atoms with Crippen LogP contribution in [-0.4, -0.2) is 25.0 Å². The monoisotopic (exact) mass is 279 g/mol. The smallest absolute Gasteiger partial charge is 0.328 e. The van der Waals surface area contributed by atoms with E-state index in [0.29, 0.717) is 0 Å². The second-order valence-corrected chi connectivity index (χ2v) is 5.07. The average Bonchev–Trinajstić information content (AvgIpc) is 2.53. The number of amides is 2. The van der Waals surface area contributed by atoms with Gasteiger partial charge in [-0.1, -0.05) is 42.5 Å². The number of urea groups is 1. The summed E-state index contributed by atoms with van der Waals surface area (Å²) >= 11 is 0. The Bertz CT molecular complexity index is 692. The van der Waals surface area contributed by atoms with E-state index in [1.807, 2.05) is 60.8 Å². The molecule has 106 valence electrons. The molecule has 1 N–H and O–H groups in total. The zero-order chi connectivity index (χ0) is 14.8. The first kappa shape index (κ1) is 13.2. The van der Waals surface area contributed by atoms with Gasteiger partial charge in [0.2, 0.25) is 0 Å². The maximum atomic E-state index is 12.6. The van der Waals surface area contributed by atoms with E-state index in [1.165, 1.54) is 0 Å². The molecule has 0 bridgehead atoms. The molecule has 0 spiro atoms. The number of carbonyl (C=O) groups excluding carboxylic acids is 1. The third-order valence-corrected chi connectivity index (χ3v) is 3.39. The molecule has 0 aromatic heterocycles. The maximum absolute atomic E-state index is 12.6. The molecular weight excluding hydrogens is 262 g/mol. The standard InChI is InChI=1S/C17H17N3O/c1-19(2)17(21)20-15-11-7-6-10-14(15)18-12-16(20)13-8-4-3-5-9-13/h3-12,18H,1-2H3. The van der Waals surface area contributed by atoms with Crippen LogP contribution in [0.2, 0.25) is 0 Å². The number of hydrogen-bond acceptors (Lipinski definition) is 2. The summed E-state index contributed by atoms with van der Waals surface area (Å²) in [6.45, 7) is 0. The molecule has 0 aliphatic carbocycles. The van der Waals surface area contributed by atoms with Crippen LogP contribution in [0.1, 0.15) is 5.56 Å². The van der Waals surface area contributed by atoms with Crippen LogP contribution in [0.4, 0.5) is 16.2 Å². The third-order valence-electron chi connectivity index (χ3n) is 3.39. The Balaban J connectivity index is 2.12. The number of benzene rings is 2. The second-order valence-electron chi connectivity index (χ2n) is 5.07. The normalized spacial score (nSPS) is 13.0. The van der Waals surface area contributed by atoms with E-state index in [1.54, 1.807) is 23.9 Å². The summed E-state index contributed by atoms with van der Waals surface area (Å²) in [5.74, 6) is 0. The van der Waals surface area contributed by atoms with E-state index < -0.39 is 0 Å². The van der Waals surface area contributed by atoms with Crippen molar-refractivity contribution in [3.63, 3.8) is 0 Å². The van der Waals surface area contributed by atoms with Gasteiger partial charge in [-0.3, -0.25) is 4.90 Å². The number of rotatable bonds is 1. The van der Waals surface area contributed by atoms with Crippen LogP contribution in [0.25, 0.3) is 5.70 Å². The molecule has 1 aliphatic rings. The van der Waals surface area contributed by atoms with Crippen molar-refractivity contribution in [3.05, 3.63) is 66.4 Å². The zero-order valence-corrected chi connectivity index (χ0v) is 12.1. The lowest BCUT2D eigenvalue weighted by Gasteiger charge is -2.33. The first-order valence-corrected chi connectivity index (χ1v) is 6.81. The van der Waals surface area contributed by atoms with Gasteiger partial charge in [0.25, 0.3) is 0 Å². The van der Waals surface area contributed by atoms with Crippen molar-refractivity contribution >= 4 is 23.1 Å². The Kier molecular flexibility index (Phi) is 3.36. The van der Waals surface area contributed by atoms with Gasteiger partial charge in [0, 0.05) is 25.9 Å². The van der Waals surface area contributed by atoms with Crippen LogP contribution >= 0.6 is 0 Å². The second kappa shape index (κ2) is 5.32. The van der Waals surface area contributed by atoms with Crippen LogP contribution in [0.3, 0.4) is 0 Å². The third kappa shape index (κ3) is 2.36. The minimum Gasteiger partial charge on any atom is -0.358 e. The van der Waals surface area contributed by atoms with Crippen molar-refractivity contribution in [1.29, 1.82) is 0 Å². The lowest BCUT2D eigenvalue weighted by Crippen LogP contribution is -2.39. The van der Waals surface area contributed by atoms with Gasteiger partial charge < -0.3 is 10.2 Å². The molecule has 0 unspecified atom stereocenters. The van der Waals surface area contributed by atoms with Crippen molar-refractivity contribution in [1.82, 2.24) is 4.90 Å². The Labute approximate surface area is 124 Å². The lowest BCUT2D eigenvalue weighted by atomic mass is 10.1. The Morgan fingerprint density at radius 1 is 1.00 bits per heavy atom. The summed E-state index contributed by atoms with van der Waals surface area (Å²) in [6.07, 6.45) is 1.87. The molecule has 0 saturated carbocycles. The van der Waals surface area contributed by atoms with Gasteiger partial charge in [0.15, 0.2) is 0 Å². The molecule has 1 aliphatic heterocycles. The topological polar surface area (TPSA) is 35.6 Å². The molecule has 0 saturated heterocycles. The van der Waals surface area contributed by atoms with Gasteiger partial charge in [-0.2, -0.15) is 0 Å². The molecule has 0 atom stereocenters. The first-order chi connectivity index (χ1) is 10.2. The molecule has 3 rings (SSSR count). The molecular formula is C17H17N3O. The van der Waals surface area contributed by atoms with Gasteiger partial charge in [-0.05, 0) is 12.1 Å². The average molecular weight is 279 g/mol. The van der Waals surface area contributed by atoms with Crippen LogP contribution < -0.4 is 10.2 Å². The van der Waals surface area contributed by atoms with Gasteiger partial charge in [0.05, 0.1) is 17.1 Å². The maximum Gasteiger partial charge on any atom is 0.328 e. The van der Waals surface area contributed by atoms with Crippen LogP contribution in [0.15, 0.2) is 60.8 Å². The van der Waals surface area contributed by atoms with Gasteiger partial charge in [-0.25, -0.2) is 4.79 Å². The predicted molar refractivity (Wildman–Crippen MR) is 86.0 cm³/mol. The Hall–Kier alpha value is -2.75. The van der Waals surface area contributed by atoms with E-state index in [4.69, 9.17) is 0 Å². The molecule has 0 radical (unpaired) electrons. The van der Waals surface area contributed by atoms with Gasteiger partial charge in [0.1, 0.15) is 0 Å². The molecule has 2 amide bonds. The fourth-order valence-corrected chi connectivity index (χ4v) is 2.36. The molecule has 4 nitrogen and oxygen atoms in total. The predicted octanol–water partition coefficient (Wildman–Crippen LogP) is 3.60. The van der Waals surface area contributed by atoms with Gasteiger partial charge in [-0.15, -0.1) is 0 Å². The minimum absolute atomic E-state index is 0.0703. The Morgan fingerprint density at radius 2 is 1.67 bits per heavy atom. The zero-order valence-electron chi connectivity index (χ0n) is 12.1. The number of hydrogen-bond donors (Lipinski definition) is 1. The molecule has 2 aromatic carbocycles. The van der Waals surface area contributed by atoms with Crippen LogP contribution in [0.5, 0.6) is 0 Å². The molecule has 0 fully saturated rings. The first-order valence-electron chi connectivity index (χ1n) is 6.81. The largest absolute Gasteiger partial charge is 0.358 e. The molecule has 2 aromatic rings. The van der Waals surface area contributed by atoms with E-state index >= 15 is 0 Å². The summed E-state index contributed by atoms with van der Waals surface area (Å²) < 4.78 is 0. The number of carbonyl (C=O) groups is 1. The number of fused-ring (bicyclic) bond motifs is 1. The highest BCUT2D eigenvalue weighted by Crippen LogP contribution is 2.36. The molecule has 4 heteroatoms. The number of nitrogens with one attached hydrogen (secondary N) is 1. The quantitative estimate of drug-likeness (QED) is 0.865. The van der Waals surface area contributed by atoms with E-state index in [9.17, 15) is 4.79 Å². The van der Waals surface area contributed by atoms with Gasteiger partial charge >= 0.3 is 6.03 Å². The van der Waals surface area contributed by atoms with Crippen molar-refractivity contribution in [2.75, 3.05) is 24.3 Å². The van der Waals surface area contributed by atoms with Crippen molar-refractivity contribution in [3.8, 4) is 0 Å². The fraction of sp³-hybridized carbons (Fsp3) is 0.118. The van der Waals surface area contributed by atoms with Crippen LogP contribution in [0, 0.1) is 0 Å². The van der Waals surface area contributed by atoms with E-state index in [2.05, 4.69) is 5.32 Å². The number of para-hydroxylation sites is 2. The highest BCUT2D eigenvalue weighted by atomic mass is 16.2. The summed E-state index contributed by atoms with van der Waals surface area (Å²) in [7, 11) is 3.52. The minimum atomic E-state index is -0.0703. The van der Waals surface area contributed by atoms with E-state index in [-0.39, 0.29) is 6.03 Å². The summed E-state index contributed by atoms with van der Waals surface area (Å²) in [5.41, 5.74) is 3.62. The SMILES string of the molecule is CN(C)C(=O)N1C(c2ccccc2)=CNc2ccccc21. The Morgan fingerprint density at radius 3 is 2.38 bits per heavy atom. The van der Waals surface area contributed by atoms with Crippen LogP contribution in [-0.2, 0) is 0 Å². The fourth-order valence-electron chi connectivity index (χ4n) is 2.36. The lowest BCUT2D eigenvalue weighted by molar-refractivity contribution is 0.226. The summed E-state index contributed by atoms with van der Waals surface area (Å²) in [5, 5.41) is 3.26.